The van der Waals surface area contributed by atoms with Crippen molar-refractivity contribution in [3.05, 3.63) is 72.7 Å². The minimum absolute atomic E-state index is 0.434. The summed E-state index contributed by atoms with van der Waals surface area (Å²) >= 11 is 0. The molecule has 3 heterocycles. The quantitative estimate of drug-likeness (QED) is 0.582. The molecule has 4 rings (SSSR count). The van der Waals surface area contributed by atoms with Crippen LogP contribution < -0.4 is 4.74 Å². The van der Waals surface area contributed by atoms with E-state index in [-0.39, 0.29) is 0 Å². The summed E-state index contributed by atoms with van der Waals surface area (Å²) in [4.78, 5) is 8.50. The van der Waals surface area contributed by atoms with Crippen LogP contribution >= 0.6 is 0 Å². The van der Waals surface area contributed by atoms with Gasteiger partial charge in [-0.05, 0) is 43.3 Å². The molecule has 0 fully saturated rings. The van der Waals surface area contributed by atoms with E-state index in [2.05, 4.69) is 32.5 Å². The second-order valence-electron chi connectivity index (χ2n) is 5.25. The molecule has 1 aromatic carbocycles. The van der Waals surface area contributed by atoms with Crippen LogP contribution in [-0.2, 0) is 6.61 Å². The van der Waals surface area contributed by atoms with Crippen molar-refractivity contribution in [3.8, 4) is 11.4 Å². The Hall–Kier alpha value is -3.15. The number of hydrogen-bond acceptors (Lipinski definition) is 4. The summed E-state index contributed by atoms with van der Waals surface area (Å²) < 4.78 is 9.58. The molecule has 0 radical (unpaired) electrons. The zero-order valence-electron chi connectivity index (χ0n) is 12.6. The molecule has 0 aliphatic heterocycles. The van der Waals surface area contributed by atoms with Crippen LogP contribution in [-0.4, -0.2) is 24.1 Å². The predicted molar refractivity (Wildman–Crippen MR) is 85.6 cm³/mol. The zero-order valence-corrected chi connectivity index (χ0v) is 12.6. The Morgan fingerprint density at radius 1 is 1.09 bits per heavy atom. The molecule has 114 valence electrons. The monoisotopic (exact) mass is 305 g/mol. The van der Waals surface area contributed by atoms with Crippen LogP contribution in [0.3, 0.4) is 0 Å². The smallest absolute Gasteiger partial charge is 0.138 e. The number of pyridine rings is 1. The number of nitrogens with zero attached hydrogens (tertiary/aromatic N) is 5. The molecule has 4 aromatic rings. The SMILES string of the molecule is Cc1cccc2nc(COc3ccc(-n4cncn4)cc3)cn12. The first-order valence-corrected chi connectivity index (χ1v) is 7.31. The van der Waals surface area contributed by atoms with E-state index in [0.29, 0.717) is 6.61 Å². The number of imidazole rings is 1. The molecule has 23 heavy (non-hydrogen) atoms. The van der Waals surface area contributed by atoms with Gasteiger partial charge in [-0.15, -0.1) is 0 Å². The average Bonchev–Trinajstić information content (AvgIpc) is 3.24. The number of aryl methyl sites for hydroxylation is 1. The van der Waals surface area contributed by atoms with Gasteiger partial charge in [0.15, 0.2) is 0 Å². The van der Waals surface area contributed by atoms with Gasteiger partial charge >= 0.3 is 0 Å². The van der Waals surface area contributed by atoms with Gasteiger partial charge in [0.2, 0.25) is 0 Å². The van der Waals surface area contributed by atoms with Gasteiger partial charge < -0.3 is 9.14 Å². The molecule has 0 aliphatic carbocycles. The van der Waals surface area contributed by atoms with Crippen molar-refractivity contribution < 1.29 is 4.74 Å². The molecule has 0 N–H and O–H groups in total. The van der Waals surface area contributed by atoms with Crippen LogP contribution in [0.25, 0.3) is 11.3 Å². The molecule has 0 bridgehead atoms. The lowest BCUT2D eigenvalue weighted by atomic mass is 10.3. The third kappa shape index (κ3) is 2.66. The molecule has 0 unspecified atom stereocenters. The van der Waals surface area contributed by atoms with Crippen LogP contribution in [0.4, 0.5) is 0 Å². The number of fused-ring (bicyclic) bond motifs is 1. The van der Waals surface area contributed by atoms with Crippen molar-refractivity contribution in [1.29, 1.82) is 0 Å². The minimum Gasteiger partial charge on any atom is -0.487 e. The van der Waals surface area contributed by atoms with Gasteiger partial charge in [0.1, 0.15) is 30.7 Å². The van der Waals surface area contributed by atoms with Gasteiger partial charge in [0.25, 0.3) is 0 Å². The fraction of sp³-hybridized carbons (Fsp3) is 0.118. The number of aromatic nitrogens is 5. The van der Waals surface area contributed by atoms with Crippen molar-refractivity contribution in [2.75, 3.05) is 0 Å². The highest BCUT2D eigenvalue weighted by Crippen LogP contribution is 2.16. The van der Waals surface area contributed by atoms with E-state index in [1.165, 1.54) is 6.33 Å². The van der Waals surface area contributed by atoms with Gasteiger partial charge in [0.05, 0.1) is 11.4 Å². The van der Waals surface area contributed by atoms with Crippen molar-refractivity contribution in [2.45, 2.75) is 13.5 Å². The molecule has 0 saturated heterocycles. The van der Waals surface area contributed by atoms with Gasteiger partial charge in [-0.1, -0.05) is 6.07 Å². The third-order valence-corrected chi connectivity index (χ3v) is 3.65. The zero-order chi connectivity index (χ0) is 15.6. The summed E-state index contributed by atoms with van der Waals surface area (Å²) in [6.45, 7) is 2.49. The normalized spacial score (nSPS) is 11.0. The first kappa shape index (κ1) is 13.5. The van der Waals surface area contributed by atoms with E-state index in [1.54, 1.807) is 11.0 Å². The lowest BCUT2D eigenvalue weighted by molar-refractivity contribution is 0.302. The van der Waals surface area contributed by atoms with E-state index in [1.807, 2.05) is 42.6 Å². The van der Waals surface area contributed by atoms with Crippen molar-refractivity contribution in [3.63, 3.8) is 0 Å². The molecule has 3 aromatic heterocycles. The van der Waals surface area contributed by atoms with E-state index in [0.717, 1.165) is 28.5 Å². The van der Waals surface area contributed by atoms with Crippen LogP contribution in [0.2, 0.25) is 0 Å². The maximum Gasteiger partial charge on any atom is 0.138 e. The summed E-state index contributed by atoms with van der Waals surface area (Å²) in [5, 5.41) is 4.09. The average molecular weight is 305 g/mol. The fourth-order valence-electron chi connectivity index (χ4n) is 2.46. The highest BCUT2D eigenvalue weighted by atomic mass is 16.5. The third-order valence-electron chi connectivity index (χ3n) is 3.65. The first-order chi connectivity index (χ1) is 11.3. The van der Waals surface area contributed by atoms with E-state index in [9.17, 15) is 0 Å². The van der Waals surface area contributed by atoms with Gasteiger partial charge in [-0.25, -0.2) is 14.6 Å². The van der Waals surface area contributed by atoms with E-state index < -0.39 is 0 Å². The predicted octanol–water partition coefficient (Wildman–Crippen LogP) is 2.80. The molecule has 0 amide bonds. The van der Waals surface area contributed by atoms with Gasteiger partial charge in [-0.2, -0.15) is 5.10 Å². The Balaban J connectivity index is 1.48. The van der Waals surface area contributed by atoms with Crippen LogP contribution in [0.1, 0.15) is 11.4 Å². The summed E-state index contributed by atoms with van der Waals surface area (Å²) in [6.07, 6.45) is 5.18. The van der Waals surface area contributed by atoms with Gasteiger partial charge in [-0.3, -0.25) is 0 Å². The number of rotatable bonds is 4. The first-order valence-electron chi connectivity index (χ1n) is 7.31. The highest BCUT2D eigenvalue weighted by Gasteiger charge is 2.04. The second-order valence-corrected chi connectivity index (χ2v) is 5.25. The van der Waals surface area contributed by atoms with Crippen LogP contribution in [0, 0.1) is 6.92 Å². The topological polar surface area (TPSA) is 57.2 Å². The Morgan fingerprint density at radius 2 is 1.96 bits per heavy atom. The fourth-order valence-corrected chi connectivity index (χ4v) is 2.46. The van der Waals surface area contributed by atoms with Crippen molar-refractivity contribution in [1.82, 2.24) is 24.1 Å². The van der Waals surface area contributed by atoms with E-state index >= 15 is 0 Å². The van der Waals surface area contributed by atoms with Crippen molar-refractivity contribution >= 4 is 5.65 Å². The Kier molecular flexibility index (Phi) is 3.27. The maximum absolute atomic E-state index is 5.81. The molecule has 6 nitrogen and oxygen atoms in total. The second kappa shape index (κ2) is 5.57. The molecule has 6 heteroatoms. The summed E-state index contributed by atoms with van der Waals surface area (Å²) in [6, 6.07) is 13.8. The molecular weight excluding hydrogens is 290 g/mol. The lowest BCUT2D eigenvalue weighted by Crippen LogP contribution is -1.97. The lowest BCUT2D eigenvalue weighted by Gasteiger charge is -2.05. The van der Waals surface area contributed by atoms with Crippen LogP contribution in [0.15, 0.2) is 61.3 Å². The van der Waals surface area contributed by atoms with Crippen molar-refractivity contribution in [2.24, 2.45) is 0 Å². The molecule has 0 atom stereocenters. The maximum atomic E-state index is 5.81. The standard InChI is InChI=1S/C17H15N5O/c1-13-3-2-4-17-20-14(9-21(13)17)10-23-16-7-5-15(6-8-16)22-12-18-11-19-22/h2-9,11-12H,10H2,1H3. The number of hydrogen-bond donors (Lipinski definition) is 0. The summed E-state index contributed by atoms with van der Waals surface area (Å²) in [7, 11) is 0. The largest absolute Gasteiger partial charge is 0.487 e. The van der Waals surface area contributed by atoms with Crippen LogP contribution in [0.5, 0.6) is 5.75 Å². The Bertz CT molecular complexity index is 925. The minimum atomic E-state index is 0.434. The number of benzene rings is 1. The molecule has 0 saturated carbocycles. The number of ether oxygens (including phenoxy) is 1. The Morgan fingerprint density at radius 3 is 2.70 bits per heavy atom. The molecular formula is C17H15N5O. The summed E-state index contributed by atoms with van der Waals surface area (Å²) in [5.41, 5.74) is 3.93. The molecule has 0 aliphatic rings. The Labute approximate surface area is 133 Å². The van der Waals surface area contributed by atoms with E-state index in [4.69, 9.17) is 4.74 Å². The highest BCUT2D eigenvalue weighted by molar-refractivity contribution is 5.41. The molecule has 0 spiro atoms. The van der Waals surface area contributed by atoms with Gasteiger partial charge in [0, 0.05) is 11.9 Å². The summed E-state index contributed by atoms with van der Waals surface area (Å²) in [5.74, 6) is 0.794.